The predicted molar refractivity (Wildman–Crippen MR) is 115 cm³/mol. The lowest BCUT2D eigenvalue weighted by molar-refractivity contribution is -0.134. The normalized spacial score (nSPS) is 17.5. The molecule has 2 N–H and O–H groups in total. The van der Waals surface area contributed by atoms with Crippen LogP contribution in [0.25, 0.3) is 0 Å². The van der Waals surface area contributed by atoms with E-state index < -0.39 is 17.5 Å². The molecule has 2 aromatic rings. The Balaban J connectivity index is 1.30. The van der Waals surface area contributed by atoms with Crippen molar-refractivity contribution in [2.45, 2.75) is 47.7 Å². The van der Waals surface area contributed by atoms with Gasteiger partial charge in [0.1, 0.15) is 12.1 Å². The third kappa shape index (κ3) is 4.70. The molecule has 1 aliphatic carbocycles. The second-order valence-corrected chi connectivity index (χ2v) is 9.68. The van der Waals surface area contributed by atoms with Gasteiger partial charge in [0.05, 0.1) is 11.6 Å². The van der Waals surface area contributed by atoms with Gasteiger partial charge in [0, 0.05) is 5.75 Å². The lowest BCUT2D eigenvalue weighted by Crippen LogP contribution is -2.48. The van der Waals surface area contributed by atoms with E-state index in [-0.39, 0.29) is 12.5 Å². The van der Waals surface area contributed by atoms with Crippen LogP contribution in [0.2, 0.25) is 0 Å². The number of carbonyl (C=O) groups is 3. The molecule has 0 radical (unpaired) electrons. The van der Waals surface area contributed by atoms with E-state index in [1.165, 1.54) is 23.1 Å². The summed E-state index contributed by atoms with van der Waals surface area (Å²) in [5, 5.41) is 22.6. The average Bonchev–Trinajstić information content (AvgIpc) is 3.31. The summed E-state index contributed by atoms with van der Waals surface area (Å²) in [4.78, 5) is 38.4. The van der Waals surface area contributed by atoms with Crippen molar-refractivity contribution in [1.82, 2.24) is 20.4 Å². The highest BCUT2D eigenvalue weighted by Crippen LogP contribution is 2.33. The Labute approximate surface area is 187 Å². The van der Waals surface area contributed by atoms with Crippen molar-refractivity contribution in [2.75, 3.05) is 11.9 Å². The number of hydrogen-bond donors (Lipinski definition) is 2. The van der Waals surface area contributed by atoms with E-state index in [0.29, 0.717) is 33.6 Å². The molecular weight excluding hydrogens is 436 g/mol. The van der Waals surface area contributed by atoms with Gasteiger partial charge in [0.15, 0.2) is 4.34 Å². The Kier molecular flexibility index (Phi) is 6.20. The van der Waals surface area contributed by atoms with E-state index in [4.69, 9.17) is 5.26 Å². The molecule has 1 aromatic carbocycles. The van der Waals surface area contributed by atoms with Crippen molar-refractivity contribution in [3.8, 4) is 6.07 Å². The van der Waals surface area contributed by atoms with E-state index in [1.807, 2.05) is 12.1 Å². The molecule has 1 spiro atoms. The summed E-state index contributed by atoms with van der Waals surface area (Å²) in [5.74, 6) is -0.154. The molecule has 0 unspecified atom stereocenters. The molecule has 11 heteroatoms. The Morgan fingerprint density at radius 3 is 2.68 bits per heavy atom. The molecule has 1 aliphatic heterocycles. The standard InChI is InChI=1S/C20H20N6O3S2/c21-10-13-4-6-14(7-5-13)12-30-19-25-24-17(31-19)22-15(27)11-26-16(28)20(23-18(26)29)8-2-1-3-9-20/h4-7H,1-3,8-9,11-12H2,(H,23,29)(H,22,24,27). The first-order chi connectivity index (χ1) is 15.0. The van der Waals surface area contributed by atoms with Gasteiger partial charge in [-0.05, 0) is 30.5 Å². The number of carbonyl (C=O) groups excluding carboxylic acids is 3. The van der Waals surface area contributed by atoms with E-state index >= 15 is 0 Å². The molecule has 1 saturated heterocycles. The van der Waals surface area contributed by atoms with Gasteiger partial charge in [0.2, 0.25) is 11.0 Å². The largest absolute Gasteiger partial charge is 0.325 e. The number of rotatable bonds is 6. The number of aromatic nitrogens is 2. The van der Waals surface area contributed by atoms with Gasteiger partial charge < -0.3 is 5.32 Å². The molecular formula is C20H20N6O3S2. The summed E-state index contributed by atoms with van der Waals surface area (Å²) in [7, 11) is 0. The molecule has 160 valence electrons. The second kappa shape index (κ2) is 9.03. The number of benzene rings is 1. The average molecular weight is 457 g/mol. The van der Waals surface area contributed by atoms with Crippen molar-refractivity contribution in [3.05, 3.63) is 35.4 Å². The van der Waals surface area contributed by atoms with Crippen molar-refractivity contribution >= 4 is 46.1 Å². The second-order valence-electron chi connectivity index (χ2n) is 7.48. The van der Waals surface area contributed by atoms with E-state index in [2.05, 4.69) is 26.9 Å². The maximum atomic E-state index is 12.8. The predicted octanol–water partition coefficient (Wildman–Crippen LogP) is 2.90. The molecule has 2 heterocycles. The number of imide groups is 1. The van der Waals surface area contributed by atoms with E-state index in [9.17, 15) is 14.4 Å². The van der Waals surface area contributed by atoms with Crippen molar-refractivity contribution in [2.24, 2.45) is 0 Å². The minimum Gasteiger partial charge on any atom is -0.323 e. The molecule has 1 aromatic heterocycles. The number of hydrogen-bond acceptors (Lipinski definition) is 8. The zero-order valence-electron chi connectivity index (χ0n) is 16.6. The highest BCUT2D eigenvalue weighted by Gasteiger charge is 2.51. The fourth-order valence-corrected chi connectivity index (χ4v) is 5.48. The number of amides is 4. The number of anilines is 1. The van der Waals surface area contributed by atoms with Crippen LogP contribution in [0.15, 0.2) is 28.6 Å². The SMILES string of the molecule is N#Cc1ccc(CSc2nnc(NC(=O)CN3C(=O)NC4(CCCCC4)C3=O)s2)cc1. The maximum Gasteiger partial charge on any atom is 0.325 e. The van der Waals surface area contributed by atoms with Gasteiger partial charge in [-0.15, -0.1) is 10.2 Å². The summed E-state index contributed by atoms with van der Waals surface area (Å²) >= 11 is 2.69. The van der Waals surface area contributed by atoms with Crippen molar-refractivity contribution < 1.29 is 14.4 Å². The van der Waals surface area contributed by atoms with Gasteiger partial charge in [-0.2, -0.15) is 5.26 Å². The number of urea groups is 1. The zero-order chi connectivity index (χ0) is 21.8. The van der Waals surface area contributed by atoms with Crippen LogP contribution in [0, 0.1) is 11.3 Å². The van der Waals surface area contributed by atoms with Gasteiger partial charge in [-0.25, -0.2) is 4.79 Å². The molecule has 2 aliphatic rings. The van der Waals surface area contributed by atoms with Crippen LogP contribution in [0.3, 0.4) is 0 Å². The number of nitrogens with zero attached hydrogens (tertiary/aromatic N) is 4. The van der Waals surface area contributed by atoms with Crippen LogP contribution in [0.1, 0.15) is 43.2 Å². The van der Waals surface area contributed by atoms with Gasteiger partial charge in [-0.3, -0.25) is 19.8 Å². The summed E-state index contributed by atoms with van der Waals surface area (Å²) in [6, 6.07) is 8.85. The maximum absolute atomic E-state index is 12.8. The minimum atomic E-state index is -0.840. The van der Waals surface area contributed by atoms with Crippen LogP contribution in [-0.2, 0) is 15.3 Å². The Morgan fingerprint density at radius 1 is 1.23 bits per heavy atom. The fraction of sp³-hybridized carbons (Fsp3) is 0.400. The smallest absolute Gasteiger partial charge is 0.323 e. The molecule has 9 nitrogen and oxygen atoms in total. The third-order valence-electron chi connectivity index (χ3n) is 5.35. The summed E-state index contributed by atoms with van der Waals surface area (Å²) < 4.78 is 0.677. The van der Waals surface area contributed by atoms with Crippen molar-refractivity contribution in [1.29, 1.82) is 5.26 Å². The van der Waals surface area contributed by atoms with Crippen LogP contribution >= 0.6 is 23.1 Å². The number of thioether (sulfide) groups is 1. The van der Waals surface area contributed by atoms with E-state index in [0.717, 1.165) is 29.7 Å². The van der Waals surface area contributed by atoms with Gasteiger partial charge >= 0.3 is 6.03 Å². The monoisotopic (exact) mass is 456 g/mol. The molecule has 2 fully saturated rings. The highest BCUT2D eigenvalue weighted by atomic mass is 32.2. The van der Waals surface area contributed by atoms with E-state index in [1.54, 1.807) is 12.1 Å². The van der Waals surface area contributed by atoms with Gasteiger partial charge in [0.25, 0.3) is 5.91 Å². The minimum absolute atomic E-state index is 0.312. The summed E-state index contributed by atoms with van der Waals surface area (Å²) in [6.07, 6.45) is 4.06. The van der Waals surface area contributed by atoms with Crippen LogP contribution < -0.4 is 10.6 Å². The highest BCUT2D eigenvalue weighted by molar-refractivity contribution is 8.00. The van der Waals surface area contributed by atoms with Crippen LogP contribution in [-0.4, -0.2) is 45.0 Å². The number of nitrogens with one attached hydrogen (secondary N) is 2. The van der Waals surface area contributed by atoms with Crippen LogP contribution in [0.4, 0.5) is 9.93 Å². The molecule has 1 saturated carbocycles. The summed E-state index contributed by atoms with van der Waals surface area (Å²) in [5.41, 5.74) is 0.808. The van der Waals surface area contributed by atoms with Crippen LogP contribution in [0.5, 0.6) is 0 Å². The summed E-state index contributed by atoms with van der Waals surface area (Å²) in [6.45, 7) is -0.348. The Hall–Kier alpha value is -2.97. The molecule has 4 amide bonds. The molecule has 4 rings (SSSR count). The Morgan fingerprint density at radius 2 is 1.97 bits per heavy atom. The number of nitriles is 1. The lowest BCUT2D eigenvalue weighted by atomic mass is 9.82. The first kappa shape index (κ1) is 21.3. The first-order valence-electron chi connectivity index (χ1n) is 9.88. The lowest BCUT2D eigenvalue weighted by Gasteiger charge is -2.30. The Bertz CT molecular complexity index is 1040. The third-order valence-corrected chi connectivity index (χ3v) is 7.40. The molecule has 0 atom stereocenters. The molecule has 31 heavy (non-hydrogen) atoms. The molecule has 0 bridgehead atoms. The topological polar surface area (TPSA) is 128 Å². The zero-order valence-corrected chi connectivity index (χ0v) is 18.2. The van der Waals surface area contributed by atoms with Crippen molar-refractivity contribution in [3.63, 3.8) is 0 Å². The quantitative estimate of drug-likeness (QED) is 0.388. The first-order valence-corrected chi connectivity index (χ1v) is 11.7. The van der Waals surface area contributed by atoms with Gasteiger partial charge in [-0.1, -0.05) is 54.5 Å². The fourth-order valence-electron chi connectivity index (χ4n) is 3.76.